The third kappa shape index (κ3) is 3.80. The Balaban J connectivity index is 1.83. The summed E-state index contributed by atoms with van der Waals surface area (Å²) in [5.41, 5.74) is 0.560. The minimum Gasteiger partial charge on any atom is -0.390 e. The second-order valence-corrected chi connectivity index (χ2v) is 5.66. The summed E-state index contributed by atoms with van der Waals surface area (Å²) in [7, 11) is 0. The third-order valence-corrected chi connectivity index (χ3v) is 3.64. The molecule has 3 heteroatoms. The number of hydrogen-bond acceptors (Lipinski definition) is 3. The molecule has 0 radical (unpaired) electrons. The van der Waals surface area contributed by atoms with Crippen molar-refractivity contribution in [1.29, 1.82) is 0 Å². The van der Waals surface area contributed by atoms with Gasteiger partial charge in [-0.3, -0.25) is 0 Å². The maximum absolute atomic E-state index is 10.0. The molecule has 1 aliphatic heterocycles. The van der Waals surface area contributed by atoms with Gasteiger partial charge in [0.2, 0.25) is 0 Å². The lowest BCUT2D eigenvalue weighted by atomic mass is 9.84. The Hall–Kier alpha value is -0.900. The molecular formula is C15H23NO2. The van der Waals surface area contributed by atoms with Gasteiger partial charge in [-0.15, -0.1) is 0 Å². The fraction of sp³-hybridized carbons (Fsp3) is 0.600. The van der Waals surface area contributed by atoms with Crippen molar-refractivity contribution >= 4 is 0 Å². The largest absolute Gasteiger partial charge is 0.390 e. The Bertz CT molecular complexity index is 359. The summed E-state index contributed by atoms with van der Waals surface area (Å²) >= 11 is 0. The number of aliphatic hydroxyl groups is 1. The van der Waals surface area contributed by atoms with Gasteiger partial charge in [0.25, 0.3) is 0 Å². The summed E-state index contributed by atoms with van der Waals surface area (Å²) in [5, 5.41) is 13.4. The molecule has 100 valence electrons. The van der Waals surface area contributed by atoms with E-state index in [1.54, 1.807) is 0 Å². The Labute approximate surface area is 109 Å². The van der Waals surface area contributed by atoms with Crippen molar-refractivity contribution in [2.24, 2.45) is 5.92 Å². The van der Waals surface area contributed by atoms with E-state index in [2.05, 4.69) is 17.4 Å². The molecule has 3 nitrogen and oxygen atoms in total. The zero-order chi connectivity index (χ0) is 13.0. The van der Waals surface area contributed by atoms with E-state index in [4.69, 9.17) is 4.74 Å². The van der Waals surface area contributed by atoms with Crippen LogP contribution in [-0.2, 0) is 11.3 Å². The van der Waals surface area contributed by atoms with Gasteiger partial charge in [0.05, 0.1) is 18.3 Å². The standard InChI is InChI=1S/C15H23NO2/c1-15(2,17)13-8-14(10-16-9-13)18-11-12-6-4-3-5-7-12/h3-7,13-14,16-17H,8-11H2,1-2H3. The van der Waals surface area contributed by atoms with Gasteiger partial charge in [-0.25, -0.2) is 0 Å². The molecule has 1 saturated heterocycles. The van der Waals surface area contributed by atoms with E-state index in [1.807, 2.05) is 32.0 Å². The lowest BCUT2D eigenvalue weighted by Crippen LogP contribution is -2.48. The van der Waals surface area contributed by atoms with Crippen molar-refractivity contribution in [3.05, 3.63) is 35.9 Å². The molecule has 2 unspecified atom stereocenters. The Morgan fingerprint density at radius 3 is 2.67 bits per heavy atom. The van der Waals surface area contributed by atoms with Crippen LogP contribution in [0.2, 0.25) is 0 Å². The average molecular weight is 249 g/mol. The molecule has 0 aliphatic carbocycles. The van der Waals surface area contributed by atoms with Crippen LogP contribution in [0, 0.1) is 5.92 Å². The molecule has 1 aromatic rings. The number of ether oxygens (including phenoxy) is 1. The van der Waals surface area contributed by atoms with Crippen LogP contribution in [0.1, 0.15) is 25.8 Å². The molecular weight excluding hydrogens is 226 g/mol. The minimum atomic E-state index is -0.637. The maximum Gasteiger partial charge on any atom is 0.0721 e. The van der Waals surface area contributed by atoms with Crippen LogP contribution < -0.4 is 5.32 Å². The van der Waals surface area contributed by atoms with E-state index in [1.165, 1.54) is 5.56 Å². The summed E-state index contributed by atoms with van der Waals surface area (Å²) in [6.45, 7) is 6.14. The lowest BCUT2D eigenvalue weighted by molar-refractivity contribution is -0.0476. The van der Waals surface area contributed by atoms with Gasteiger partial charge in [-0.05, 0) is 25.8 Å². The van der Waals surface area contributed by atoms with Crippen molar-refractivity contribution < 1.29 is 9.84 Å². The maximum atomic E-state index is 10.0. The van der Waals surface area contributed by atoms with Crippen LogP contribution in [-0.4, -0.2) is 29.9 Å². The van der Waals surface area contributed by atoms with Crippen LogP contribution in [0.15, 0.2) is 30.3 Å². The summed E-state index contributed by atoms with van der Waals surface area (Å²) in [6.07, 6.45) is 1.11. The monoisotopic (exact) mass is 249 g/mol. The summed E-state index contributed by atoms with van der Waals surface area (Å²) in [4.78, 5) is 0. The SMILES string of the molecule is CC(C)(O)C1CNCC(OCc2ccccc2)C1. The first-order valence-corrected chi connectivity index (χ1v) is 6.64. The van der Waals surface area contributed by atoms with E-state index in [0.717, 1.165) is 19.5 Å². The molecule has 0 aromatic heterocycles. The predicted octanol–water partition coefficient (Wildman–Crippen LogP) is 1.95. The van der Waals surface area contributed by atoms with Gasteiger partial charge < -0.3 is 15.2 Å². The molecule has 0 saturated carbocycles. The number of nitrogens with one attached hydrogen (secondary N) is 1. The third-order valence-electron chi connectivity index (χ3n) is 3.64. The average Bonchev–Trinajstić information content (AvgIpc) is 2.37. The summed E-state index contributed by atoms with van der Waals surface area (Å²) < 4.78 is 5.92. The van der Waals surface area contributed by atoms with Crippen molar-refractivity contribution in [3.63, 3.8) is 0 Å². The van der Waals surface area contributed by atoms with Gasteiger partial charge >= 0.3 is 0 Å². The summed E-state index contributed by atoms with van der Waals surface area (Å²) in [6, 6.07) is 10.2. The molecule has 2 rings (SSSR count). The minimum absolute atomic E-state index is 0.190. The highest BCUT2D eigenvalue weighted by Gasteiger charge is 2.32. The molecule has 2 atom stereocenters. The normalized spacial score (nSPS) is 25.1. The van der Waals surface area contributed by atoms with Crippen molar-refractivity contribution in [2.45, 2.75) is 38.6 Å². The molecule has 0 spiro atoms. The molecule has 1 aliphatic rings. The van der Waals surface area contributed by atoms with Gasteiger partial charge in [0.15, 0.2) is 0 Å². The zero-order valence-electron chi connectivity index (χ0n) is 11.2. The first-order valence-electron chi connectivity index (χ1n) is 6.64. The fourth-order valence-electron chi connectivity index (χ4n) is 2.36. The van der Waals surface area contributed by atoms with Gasteiger partial charge in [-0.2, -0.15) is 0 Å². The fourth-order valence-corrected chi connectivity index (χ4v) is 2.36. The highest BCUT2D eigenvalue weighted by molar-refractivity contribution is 5.13. The van der Waals surface area contributed by atoms with Crippen LogP contribution in [0.4, 0.5) is 0 Å². The number of rotatable bonds is 4. The van der Waals surface area contributed by atoms with Crippen LogP contribution >= 0.6 is 0 Å². The molecule has 18 heavy (non-hydrogen) atoms. The van der Waals surface area contributed by atoms with E-state index in [0.29, 0.717) is 6.61 Å². The smallest absolute Gasteiger partial charge is 0.0721 e. The Morgan fingerprint density at radius 1 is 1.28 bits per heavy atom. The van der Waals surface area contributed by atoms with E-state index >= 15 is 0 Å². The molecule has 1 fully saturated rings. The number of piperidine rings is 1. The molecule has 1 aromatic carbocycles. The van der Waals surface area contributed by atoms with Crippen molar-refractivity contribution in [2.75, 3.05) is 13.1 Å². The molecule has 2 N–H and O–H groups in total. The van der Waals surface area contributed by atoms with Crippen molar-refractivity contribution in [1.82, 2.24) is 5.32 Å². The van der Waals surface area contributed by atoms with Crippen LogP contribution in [0.3, 0.4) is 0 Å². The first-order chi connectivity index (χ1) is 8.55. The predicted molar refractivity (Wildman–Crippen MR) is 72.3 cm³/mol. The quantitative estimate of drug-likeness (QED) is 0.857. The van der Waals surface area contributed by atoms with E-state index < -0.39 is 5.60 Å². The van der Waals surface area contributed by atoms with E-state index in [9.17, 15) is 5.11 Å². The number of hydrogen-bond donors (Lipinski definition) is 2. The van der Waals surface area contributed by atoms with Gasteiger partial charge in [0, 0.05) is 19.0 Å². The lowest BCUT2D eigenvalue weighted by Gasteiger charge is -2.36. The Kier molecular flexibility index (Phi) is 4.38. The van der Waals surface area contributed by atoms with E-state index in [-0.39, 0.29) is 12.0 Å². The number of benzene rings is 1. The highest BCUT2D eigenvalue weighted by atomic mass is 16.5. The molecule has 1 heterocycles. The summed E-state index contributed by atoms with van der Waals surface area (Å²) in [5.74, 6) is 0.257. The second kappa shape index (κ2) is 5.83. The van der Waals surface area contributed by atoms with Gasteiger partial charge in [0.1, 0.15) is 0 Å². The highest BCUT2D eigenvalue weighted by Crippen LogP contribution is 2.25. The second-order valence-electron chi connectivity index (χ2n) is 5.66. The topological polar surface area (TPSA) is 41.5 Å². The first kappa shape index (κ1) is 13.5. The zero-order valence-corrected chi connectivity index (χ0v) is 11.2. The van der Waals surface area contributed by atoms with Crippen LogP contribution in [0.5, 0.6) is 0 Å². The molecule has 0 bridgehead atoms. The molecule has 0 amide bonds. The van der Waals surface area contributed by atoms with Gasteiger partial charge in [-0.1, -0.05) is 30.3 Å². The van der Waals surface area contributed by atoms with Crippen molar-refractivity contribution in [3.8, 4) is 0 Å². The van der Waals surface area contributed by atoms with Crippen LogP contribution in [0.25, 0.3) is 0 Å². The Morgan fingerprint density at radius 2 is 2.00 bits per heavy atom.